The van der Waals surface area contributed by atoms with Crippen molar-refractivity contribution in [2.24, 2.45) is 17.7 Å². The van der Waals surface area contributed by atoms with Gasteiger partial charge in [-0.15, -0.1) is 22.7 Å². The molecule has 1 unspecified atom stereocenters. The SMILES string of the molecule is CCC1CCC(C(NN)c2cc3sccc3s2)CC1. The summed E-state index contributed by atoms with van der Waals surface area (Å²) in [6.07, 6.45) is 6.72. The smallest absolute Gasteiger partial charge is 0.0582 e. The molecule has 1 fully saturated rings. The summed E-state index contributed by atoms with van der Waals surface area (Å²) in [7, 11) is 0. The van der Waals surface area contributed by atoms with Gasteiger partial charge in [0.2, 0.25) is 0 Å². The van der Waals surface area contributed by atoms with Gasteiger partial charge in [-0.25, -0.2) is 0 Å². The minimum atomic E-state index is 0.349. The first-order valence-electron chi connectivity index (χ1n) is 7.25. The molecule has 0 amide bonds. The quantitative estimate of drug-likeness (QED) is 0.634. The molecule has 2 aromatic rings. The fourth-order valence-corrected chi connectivity index (χ4v) is 5.59. The molecule has 4 heteroatoms. The van der Waals surface area contributed by atoms with Crippen molar-refractivity contribution in [2.45, 2.75) is 45.1 Å². The van der Waals surface area contributed by atoms with E-state index in [0.29, 0.717) is 12.0 Å². The van der Waals surface area contributed by atoms with Crippen molar-refractivity contribution in [3.8, 4) is 0 Å². The summed E-state index contributed by atoms with van der Waals surface area (Å²) in [4.78, 5) is 1.42. The molecule has 0 aliphatic heterocycles. The fourth-order valence-electron chi connectivity index (χ4n) is 3.32. The van der Waals surface area contributed by atoms with Crippen LogP contribution in [0.25, 0.3) is 9.40 Å². The lowest BCUT2D eigenvalue weighted by atomic mass is 9.77. The van der Waals surface area contributed by atoms with Crippen LogP contribution in [-0.4, -0.2) is 0 Å². The van der Waals surface area contributed by atoms with Gasteiger partial charge < -0.3 is 0 Å². The van der Waals surface area contributed by atoms with Crippen molar-refractivity contribution in [3.63, 3.8) is 0 Å². The van der Waals surface area contributed by atoms with E-state index in [9.17, 15) is 0 Å². The first-order valence-corrected chi connectivity index (χ1v) is 8.94. The number of rotatable bonds is 4. The predicted octanol–water partition coefficient (Wildman–Crippen LogP) is 4.68. The topological polar surface area (TPSA) is 38.0 Å². The van der Waals surface area contributed by atoms with Crippen LogP contribution < -0.4 is 11.3 Å². The predicted molar refractivity (Wildman–Crippen MR) is 85.5 cm³/mol. The summed E-state index contributed by atoms with van der Waals surface area (Å²) in [5.41, 5.74) is 3.09. The van der Waals surface area contributed by atoms with E-state index in [4.69, 9.17) is 5.84 Å². The monoisotopic (exact) mass is 294 g/mol. The third-order valence-electron chi connectivity index (χ3n) is 4.58. The maximum Gasteiger partial charge on any atom is 0.0582 e. The van der Waals surface area contributed by atoms with Crippen LogP contribution in [0.3, 0.4) is 0 Å². The molecule has 1 atom stereocenters. The molecule has 2 aromatic heterocycles. The highest BCUT2D eigenvalue weighted by Gasteiger charge is 2.28. The molecular weight excluding hydrogens is 272 g/mol. The van der Waals surface area contributed by atoms with Gasteiger partial charge in [0.25, 0.3) is 0 Å². The molecule has 0 bridgehead atoms. The number of hydrazine groups is 1. The molecule has 2 heterocycles. The van der Waals surface area contributed by atoms with Crippen LogP contribution in [0, 0.1) is 11.8 Å². The van der Waals surface area contributed by atoms with Gasteiger partial charge in [0.15, 0.2) is 0 Å². The van der Waals surface area contributed by atoms with Crippen molar-refractivity contribution >= 4 is 32.1 Å². The summed E-state index contributed by atoms with van der Waals surface area (Å²) in [6, 6.07) is 4.90. The maximum absolute atomic E-state index is 5.85. The van der Waals surface area contributed by atoms with E-state index in [-0.39, 0.29) is 0 Å². The zero-order valence-electron chi connectivity index (χ0n) is 11.4. The van der Waals surface area contributed by atoms with Gasteiger partial charge in [0.05, 0.1) is 6.04 Å². The maximum atomic E-state index is 5.85. The van der Waals surface area contributed by atoms with E-state index >= 15 is 0 Å². The average molecular weight is 294 g/mol. The normalized spacial score (nSPS) is 25.8. The van der Waals surface area contributed by atoms with Crippen LogP contribution in [0.1, 0.15) is 49.9 Å². The summed E-state index contributed by atoms with van der Waals surface area (Å²) < 4.78 is 2.81. The Hall–Kier alpha value is -0.420. The average Bonchev–Trinajstić information content (AvgIpc) is 3.02. The van der Waals surface area contributed by atoms with E-state index < -0.39 is 0 Å². The molecule has 1 saturated carbocycles. The van der Waals surface area contributed by atoms with E-state index in [1.807, 2.05) is 22.7 Å². The van der Waals surface area contributed by atoms with Gasteiger partial charge >= 0.3 is 0 Å². The standard InChI is InChI=1S/C15H22N2S2/c1-2-10-3-5-11(6-4-10)15(17-16)14-9-13-12(19-14)7-8-18-13/h7-11,15,17H,2-6,16H2,1H3. The van der Waals surface area contributed by atoms with Crippen LogP contribution in [0.5, 0.6) is 0 Å². The van der Waals surface area contributed by atoms with E-state index in [1.165, 1.54) is 46.4 Å². The summed E-state index contributed by atoms with van der Waals surface area (Å²) >= 11 is 3.73. The lowest BCUT2D eigenvalue weighted by Gasteiger charge is -2.32. The third kappa shape index (κ3) is 2.72. The van der Waals surface area contributed by atoms with Crippen LogP contribution in [0.4, 0.5) is 0 Å². The Balaban J connectivity index is 1.75. The number of hydrogen-bond acceptors (Lipinski definition) is 4. The Bertz CT molecular complexity index is 494. The van der Waals surface area contributed by atoms with Gasteiger partial charge in [-0.3, -0.25) is 11.3 Å². The molecule has 0 spiro atoms. The highest BCUT2D eigenvalue weighted by Crippen LogP contribution is 2.41. The fraction of sp³-hybridized carbons (Fsp3) is 0.600. The molecule has 19 heavy (non-hydrogen) atoms. The van der Waals surface area contributed by atoms with Crippen LogP contribution in [-0.2, 0) is 0 Å². The summed E-state index contributed by atoms with van der Waals surface area (Å²) in [5, 5.41) is 2.17. The molecule has 1 aliphatic rings. The molecule has 104 valence electrons. The largest absolute Gasteiger partial charge is 0.271 e. The molecular formula is C15H22N2S2. The number of nitrogens with one attached hydrogen (secondary N) is 1. The van der Waals surface area contributed by atoms with Crippen molar-refractivity contribution in [1.82, 2.24) is 5.43 Å². The zero-order chi connectivity index (χ0) is 13.2. The minimum Gasteiger partial charge on any atom is -0.271 e. The first kappa shape index (κ1) is 13.6. The Morgan fingerprint density at radius 2 is 2.11 bits per heavy atom. The highest BCUT2D eigenvalue weighted by atomic mass is 32.1. The molecule has 0 aromatic carbocycles. The van der Waals surface area contributed by atoms with Crippen LogP contribution in [0.15, 0.2) is 17.5 Å². The van der Waals surface area contributed by atoms with Gasteiger partial charge in [-0.2, -0.15) is 0 Å². The van der Waals surface area contributed by atoms with Gasteiger partial charge in [-0.1, -0.05) is 26.2 Å². The summed E-state index contributed by atoms with van der Waals surface area (Å²) in [5.74, 6) is 7.51. The lowest BCUT2D eigenvalue weighted by Crippen LogP contribution is -2.34. The molecule has 2 nitrogen and oxygen atoms in total. The number of thiophene rings is 2. The second-order valence-corrected chi connectivity index (χ2v) is 7.69. The van der Waals surface area contributed by atoms with Crippen molar-refractivity contribution in [3.05, 3.63) is 22.4 Å². The van der Waals surface area contributed by atoms with Crippen molar-refractivity contribution < 1.29 is 0 Å². The second-order valence-electron chi connectivity index (χ2n) is 5.63. The second kappa shape index (κ2) is 5.92. The van der Waals surface area contributed by atoms with Crippen molar-refractivity contribution in [2.75, 3.05) is 0 Å². The third-order valence-corrected chi connectivity index (χ3v) is 6.76. The Kier molecular flexibility index (Phi) is 4.22. The van der Waals surface area contributed by atoms with Gasteiger partial charge in [0, 0.05) is 14.3 Å². The van der Waals surface area contributed by atoms with Gasteiger partial charge in [0.1, 0.15) is 0 Å². The zero-order valence-corrected chi connectivity index (χ0v) is 13.0. The Morgan fingerprint density at radius 1 is 1.32 bits per heavy atom. The Morgan fingerprint density at radius 3 is 2.74 bits per heavy atom. The summed E-state index contributed by atoms with van der Waals surface area (Å²) in [6.45, 7) is 2.32. The van der Waals surface area contributed by atoms with Crippen LogP contribution >= 0.6 is 22.7 Å². The molecule has 0 saturated heterocycles. The van der Waals surface area contributed by atoms with E-state index in [0.717, 1.165) is 5.92 Å². The van der Waals surface area contributed by atoms with E-state index in [1.54, 1.807) is 0 Å². The molecule has 3 N–H and O–H groups in total. The van der Waals surface area contributed by atoms with Gasteiger partial charge in [-0.05, 0) is 42.2 Å². The first-order chi connectivity index (χ1) is 9.31. The van der Waals surface area contributed by atoms with E-state index in [2.05, 4.69) is 29.9 Å². The lowest BCUT2D eigenvalue weighted by molar-refractivity contribution is 0.221. The molecule has 0 radical (unpaired) electrons. The number of nitrogens with two attached hydrogens (primary N) is 1. The molecule has 3 rings (SSSR count). The minimum absolute atomic E-state index is 0.349. The van der Waals surface area contributed by atoms with Crippen LogP contribution in [0.2, 0.25) is 0 Å². The number of hydrogen-bond donors (Lipinski definition) is 2. The van der Waals surface area contributed by atoms with Crippen molar-refractivity contribution in [1.29, 1.82) is 0 Å². The number of fused-ring (bicyclic) bond motifs is 1. The molecule has 1 aliphatic carbocycles. The Labute approximate surface area is 123 Å². The highest BCUT2D eigenvalue weighted by molar-refractivity contribution is 7.26.